The van der Waals surface area contributed by atoms with Gasteiger partial charge in [-0.05, 0) is 36.4 Å². The fraction of sp³-hybridized carbons (Fsp3) is 0.0588. The van der Waals surface area contributed by atoms with E-state index in [1.165, 1.54) is 6.20 Å². The number of fused-ring (bicyclic) bond motifs is 1. The monoisotopic (exact) mass is 320 g/mol. The average Bonchev–Trinajstić information content (AvgIpc) is 3.05. The Morgan fingerprint density at radius 2 is 2.08 bits per heavy atom. The Bertz CT molecular complexity index is 968. The normalized spacial score (nSPS) is 10.8. The zero-order valence-electron chi connectivity index (χ0n) is 12.5. The Balaban J connectivity index is 1.55. The van der Waals surface area contributed by atoms with E-state index in [9.17, 15) is 5.11 Å². The van der Waals surface area contributed by atoms with Gasteiger partial charge < -0.3 is 14.3 Å². The molecule has 0 saturated heterocycles. The molecular weight excluding hydrogens is 308 g/mol. The van der Waals surface area contributed by atoms with E-state index in [2.05, 4.69) is 20.2 Å². The lowest BCUT2D eigenvalue weighted by Gasteiger charge is -2.05. The molecule has 118 valence electrons. The maximum absolute atomic E-state index is 9.23. The van der Waals surface area contributed by atoms with Crippen molar-refractivity contribution in [3.05, 3.63) is 60.6 Å². The number of oxazole rings is 1. The van der Waals surface area contributed by atoms with Crippen LogP contribution in [0.1, 0.15) is 5.69 Å². The molecule has 0 aliphatic carbocycles. The van der Waals surface area contributed by atoms with Crippen LogP contribution in [0.2, 0.25) is 0 Å². The fourth-order valence-corrected chi connectivity index (χ4v) is 2.18. The van der Waals surface area contributed by atoms with Gasteiger partial charge in [0.1, 0.15) is 29.3 Å². The van der Waals surface area contributed by atoms with Crippen molar-refractivity contribution < 1.29 is 14.3 Å². The van der Waals surface area contributed by atoms with Gasteiger partial charge in [0, 0.05) is 12.3 Å². The summed E-state index contributed by atoms with van der Waals surface area (Å²) in [4.78, 5) is 8.49. The molecule has 1 aromatic carbocycles. The predicted octanol–water partition coefficient (Wildman–Crippen LogP) is 2.96. The van der Waals surface area contributed by atoms with Gasteiger partial charge in [-0.15, -0.1) is 5.10 Å². The molecule has 0 atom stereocenters. The Morgan fingerprint density at radius 1 is 1.12 bits per heavy atom. The number of hydrogen-bond donors (Lipinski definition) is 1. The van der Waals surface area contributed by atoms with Crippen molar-refractivity contribution in [2.24, 2.45) is 0 Å². The van der Waals surface area contributed by atoms with Crippen molar-refractivity contribution >= 4 is 11.1 Å². The molecule has 7 nitrogen and oxygen atoms in total. The molecule has 0 spiro atoms. The zero-order chi connectivity index (χ0) is 16.4. The van der Waals surface area contributed by atoms with Crippen LogP contribution in [0, 0.1) is 0 Å². The summed E-state index contributed by atoms with van der Waals surface area (Å²) in [6.07, 6.45) is 2.97. The van der Waals surface area contributed by atoms with Crippen molar-refractivity contribution in [3.8, 4) is 23.1 Å². The SMILES string of the molecule is Oc1ccc(COc2ccc3oc(-c4cccnn4)nc3c2)nc1. The third-order valence-electron chi connectivity index (χ3n) is 3.35. The Hall–Kier alpha value is -3.48. The largest absolute Gasteiger partial charge is 0.506 e. The summed E-state index contributed by atoms with van der Waals surface area (Å²) < 4.78 is 11.4. The van der Waals surface area contributed by atoms with E-state index in [0.717, 1.165) is 0 Å². The molecule has 0 aliphatic rings. The summed E-state index contributed by atoms with van der Waals surface area (Å²) >= 11 is 0. The van der Waals surface area contributed by atoms with Gasteiger partial charge >= 0.3 is 0 Å². The first-order valence-electron chi connectivity index (χ1n) is 7.23. The standard InChI is InChI=1S/C17H12N4O3/c22-12-4-3-11(18-9-12)10-23-13-5-6-16-15(8-13)20-17(24-16)14-2-1-7-19-21-14/h1-9,22H,10H2. The van der Waals surface area contributed by atoms with Gasteiger partial charge in [-0.2, -0.15) is 5.10 Å². The molecule has 0 amide bonds. The van der Waals surface area contributed by atoms with Crippen LogP contribution in [-0.2, 0) is 6.61 Å². The van der Waals surface area contributed by atoms with E-state index in [4.69, 9.17) is 9.15 Å². The summed E-state index contributed by atoms with van der Waals surface area (Å²) in [6, 6.07) is 12.2. The number of benzene rings is 1. The van der Waals surface area contributed by atoms with Gasteiger partial charge in [0.2, 0.25) is 5.89 Å². The third-order valence-corrected chi connectivity index (χ3v) is 3.35. The van der Waals surface area contributed by atoms with Crippen molar-refractivity contribution in [3.63, 3.8) is 0 Å². The Morgan fingerprint density at radius 3 is 2.88 bits per heavy atom. The number of nitrogens with zero attached hydrogens (tertiary/aromatic N) is 4. The predicted molar refractivity (Wildman–Crippen MR) is 85.3 cm³/mol. The molecule has 4 aromatic rings. The van der Waals surface area contributed by atoms with Crippen LogP contribution < -0.4 is 4.74 Å². The highest BCUT2D eigenvalue weighted by molar-refractivity contribution is 5.77. The summed E-state index contributed by atoms with van der Waals surface area (Å²) in [5, 5.41) is 17.0. The summed E-state index contributed by atoms with van der Waals surface area (Å²) in [5.41, 5.74) is 2.61. The van der Waals surface area contributed by atoms with Crippen LogP contribution in [0.25, 0.3) is 22.7 Å². The summed E-state index contributed by atoms with van der Waals surface area (Å²) in [5.74, 6) is 1.19. The number of hydrogen-bond acceptors (Lipinski definition) is 7. The highest BCUT2D eigenvalue weighted by Gasteiger charge is 2.10. The molecule has 7 heteroatoms. The highest BCUT2D eigenvalue weighted by Crippen LogP contribution is 2.26. The molecule has 0 unspecified atom stereocenters. The highest BCUT2D eigenvalue weighted by atomic mass is 16.5. The van der Waals surface area contributed by atoms with E-state index in [1.807, 2.05) is 0 Å². The lowest BCUT2D eigenvalue weighted by molar-refractivity contribution is 0.301. The molecule has 3 heterocycles. The molecular formula is C17H12N4O3. The number of pyridine rings is 1. The third kappa shape index (κ3) is 2.87. The molecule has 4 rings (SSSR count). The van der Waals surface area contributed by atoms with Crippen LogP contribution in [0.15, 0.2) is 59.3 Å². The molecule has 0 aliphatic heterocycles. The second-order valence-electron chi connectivity index (χ2n) is 5.05. The van der Waals surface area contributed by atoms with E-state index in [1.54, 1.807) is 48.7 Å². The zero-order valence-corrected chi connectivity index (χ0v) is 12.5. The molecule has 0 bridgehead atoms. The molecule has 0 fully saturated rings. The van der Waals surface area contributed by atoms with E-state index in [-0.39, 0.29) is 5.75 Å². The van der Waals surface area contributed by atoms with E-state index in [0.29, 0.717) is 40.7 Å². The van der Waals surface area contributed by atoms with Crippen molar-refractivity contribution in [1.82, 2.24) is 20.2 Å². The molecule has 1 N–H and O–H groups in total. The first kappa shape index (κ1) is 14.1. The second-order valence-corrected chi connectivity index (χ2v) is 5.05. The maximum atomic E-state index is 9.23. The number of rotatable bonds is 4. The minimum Gasteiger partial charge on any atom is -0.506 e. The Labute approximate surface area is 136 Å². The van der Waals surface area contributed by atoms with Gasteiger partial charge in [0.25, 0.3) is 0 Å². The average molecular weight is 320 g/mol. The fourth-order valence-electron chi connectivity index (χ4n) is 2.18. The topological polar surface area (TPSA) is 94.2 Å². The second kappa shape index (κ2) is 5.96. The number of aromatic hydroxyl groups is 1. The van der Waals surface area contributed by atoms with Crippen molar-refractivity contribution in [2.45, 2.75) is 6.61 Å². The lowest BCUT2D eigenvalue weighted by atomic mass is 10.3. The maximum Gasteiger partial charge on any atom is 0.248 e. The van der Waals surface area contributed by atoms with Crippen LogP contribution in [-0.4, -0.2) is 25.3 Å². The van der Waals surface area contributed by atoms with Crippen molar-refractivity contribution in [1.29, 1.82) is 0 Å². The first-order chi connectivity index (χ1) is 11.8. The number of ether oxygens (including phenoxy) is 1. The summed E-state index contributed by atoms with van der Waals surface area (Å²) in [6.45, 7) is 0.292. The van der Waals surface area contributed by atoms with Gasteiger partial charge in [0.15, 0.2) is 5.58 Å². The lowest BCUT2D eigenvalue weighted by Crippen LogP contribution is -1.97. The van der Waals surface area contributed by atoms with Gasteiger partial charge in [-0.3, -0.25) is 4.98 Å². The van der Waals surface area contributed by atoms with E-state index >= 15 is 0 Å². The quantitative estimate of drug-likeness (QED) is 0.617. The minimum atomic E-state index is 0.124. The van der Waals surface area contributed by atoms with Gasteiger partial charge in [-0.1, -0.05) is 0 Å². The molecule has 0 radical (unpaired) electrons. The van der Waals surface area contributed by atoms with Crippen LogP contribution in [0.4, 0.5) is 0 Å². The van der Waals surface area contributed by atoms with Crippen LogP contribution in [0.5, 0.6) is 11.5 Å². The molecule has 0 saturated carbocycles. The first-order valence-corrected chi connectivity index (χ1v) is 7.23. The number of aromatic nitrogens is 4. The molecule has 24 heavy (non-hydrogen) atoms. The molecule has 3 aromatic heterocycles. The van der Waals surface area contributed by atoms with Crippen LogP contribution >= 0.6 is 0 Å². The van der Waals surface area contributed by atoms with Crippen molar-refractivity contribution in [2.75, 3.05) is 0 Å². The van der Waals surface area contributed by atoms with Gasteiger partial charge in [-0.25, -0.2) is 4.98 Å². The van der Waals surface area contributed by atoms with E-state index < -0.39 is 0 Å². The van der Waals surface area contributed by atoms with Gasteiger partial charge in [0.05, 0.1) is 11.9 Å². The van der Waals surface area contributed by atoms with Crippen LogP contribution in [0.3, 0.4) is 0 Å². The Kier molecular flexibility index (Phi) is 3.51. The minimum absolute atomic E-state index is 0.124. The summed E-state index contributed by atoms with van der Waals surface area (Å²) in [7, 11) is 0. The smallest absolute Gasteiger partial charge is 0.248 e.